The van der Waals surface area contributed by atoms with Gasteiger partial charge in [0.05, 0.1) is 18.9 Å². The maximum Gasteiger partial charge on any atom is 0.281 e. The number of ether oxygens (including phenoxy) is 2. The van der Waals surface area contributed by atoms with E-state index in [2.05, 4.69) is 0 Å². The first-order chi connectivity index (χ1) is 15.0. The van der Waals surface area contributed by atoms with Gasteiger partial charge < -0.3 is 9.47 Å². The fourth-order valence-electron chi connectivity index (χ4n) is 3.70. The van der Waals surface area contributed by atoms with Crippen molar-refractivity contribution in [2.24, 2.45) is 5.10 Å². The SMILES string of the molecule is COc1ccc(C2CC(c3ccccc3)=NN2C(=O)COc2cc(C)ccc2C)cc1. The van der Waals surface area contributed by atoms with Crippen molar-refractivity contribution in [3.05, 3.63) is 95.1 Å². The fourth-order valence-corrected chi connectivity index (χ4v) is 3.70. The minimum Gasteiger partial charge on any atom is -0.497 e. The number of rotatable bonds is 6. The first-order valence-electron chi connectivity index (χ1n) is 10.3. The summed E-state index contributed by atoms with van der Waals surface area (Å²) < 4.78 is 11.1. The van der Waals surface area contributed by atoms with Gasteiger partial charge in [0, 0.05) is 6.42 Å². The minimum absolute atomic E-state index is 0.0669. The van der Waals surface area contributed by atoms with Gasteiger partial charge >= 0.3 is 0 Å². The minimum atomic E-state index is -0.184. The van der Waals surface area contributed by atoms with E-state index in [0.717, 1.165) is 39.5 Å². The van der Waals surface area contributed by atoms with Gasteiger partial charge in [-0.3, -0.25) is 4.79 Å². The summed E-state index contributed by atoms with van der Waals surface area (Å²) in [5.74, 6) is 1.33. The molecule has 1 unspecified atom stereocenters. The Labute approximate surface area is 182 Å². The zero-order valence-corrected chi connectivity index (χ0v) is 18.0. The summed E-state index contributed by atoms with van der Waals surface area (Å²) >= 11 is 0. The summed E-state index contributed by atoms with van der Waals surface area (Å²) in [6, 6.07) is 23.5. The number of amides is 1. The van der Waals surface area contributed by atoms with Crippen LogP contribution in [0.3, 0.4) is 0 Å². The Hall–Kier alpha value is -3.60. The highest BCUT2D eigenvalue weighted by molar-refractivity contribution is 6.03. The van der Waals surface area contributed by atoms with Crippen molar-refractivity contribution in [1.82, 2.24) is 5.01 Å². The van der Waals surface area contributed by atoms with Crippen molar-refractivity contribution < 1.29 is 14.3 Å². The lowest BCUT2D eigenvalue weighted by atomic mass is 9.98. The molecule has 0 spiro atoms. The molecule has 158 valence electrons. The third kappa shape index (κ3) is 4.61. The Morgan fingerprint density at radius 2 is 1.77 bits per heavy atom. The number of methoxy groups -OCH3 is 1. The predicted octanol–water partition coefficient (Wildman–Crippen LogP) is 5.07. The molecule has 0 radical (unpaired) electrons. The van der Waals surface area contributed by atoms with E-state index in [0.29, 0.717) is 6.42 Å². The molecule has 0 fully saturated rings. The number of nitrogens with zero attached hydrogens (tertiary/aromatic N) is 2. The number of aryl methyl sites for hydroxylation is 2. The van der Waals surface area contributed by atoms with Crippen LogP contribution in [0.15, 0.2) is 77.9 Å². The number of benzene rings is 3. The lowest BCUT2D eigenvalue weighted by Crippen LogP contribution is -2.31. The maximum atomic E-state index is 13.2. The average Bonchev–Trinajstić information content (AvgIpc) is 3.26. The molecule has 0 aliphatic carbocycles. The predicted molar refractivity (Wildman–Crippen MR) is 122 cm³/mol. The molecule has 1 amide bonds. The normalized spacial score (nSPS) is 15.5. The molecule has 1 aliphatic heterocycles. The highest BCUT2D eigenvalue weighted by Gasteiger charge is 2.33. The van der Waals surface area contributed by atoms with Crippen LogP contribution in [-0.4, -0.2) is 30.3 Å². The first-order valence-corrected chi connectivity index (χ1v) is 10.3. The second-order valence-corrected chi connectivity index (χ2v) is 7.70. The third-order valence-electron chi connectivity index (χ3n) is 5.47. The van der Waals surface area contributed by atoms with E-state index in [-0.39, 0.29) is 18.6 Å². The van der Waals surface area contributed by atoms with Gasteiger partial charge in [-0.05, 0) is 54.3 Å². The van der Waals surface area contributed by atoms with Crippen molar-refractivity contribution >= 4 is 11.6 Å². The van der Waals surface area contributed by atoms with Crippen LogP contribution in [-0.2, 0) is 4.79 Å². The maximum absolute atomic E-state index is 13.2. The second kappa shape index (κ2) is 9.04. The summed E-state index contributed by atoms with van der Waals surface area (Å²) in [6.45, 7) is 3.91. The van der Waals surface area contributed by atoms with E-state index in [1.54, 1.807) is 12.1 Å². The summed E-state index contributed by atoms with van der Waals surface area (Å²) in [5.41, 5.74) is 5.01. The largest absolute Gasteiger partial charge is 0.497 e. The molecule has 0 N–H and O–H groups in total. The molecule has 1 heterocycles. The summed E-state index contributed by atoms with van der Waals surface area (Å²) in [5, 5.41) is 6.26. The van der Waals surface area contributed by atoms with Crippen LogP contribution in [0.5, 0.6) is 11.5 Å². The third-order valence-corrected chi connectivity index (χ3v) is 5.47. The van der Waals surface area contributed by atoms with Crippen molar-refractivity contribution in [3.8, 4) is 11.5 Å². The van der Waals surface area contributed by atoms with Gasteiger partial charge in [0.1, 0.15) is 11.5 Å². The van der Waals surface area contributed by atoms with Crippen LogP contribution in [0.25, 0.3) is 0 Å². The lowest BCUT2D eigenvalue weighted by molar-refractivity contribution is -0.135. The van der Waals surface area contributed by atoms with Crippen LogP contribution in [0.4, 0.5) is 0 Å². The Morgan fingerprint density at radius 3 is 2.48 bits per heavy atom. The van der Waals surface area contributed by atoms with Crippen LogP contribution in [0, 0.1) is 13.8 Å². The second-order valence-electron chi connectivity index (χ2n) is 7.70. The van der Waals surface area contributed by atoms with Crippen molar-refractivity contribution in [2.75, 3.05) is 13.7 Å². The molecule has 5 heteroatoms. The first kappa shape index (κ1) is 20.7. The summed E-state index contributed by atoms with van der Waals surface area (Å²) in [6.07, 6.45) is 0.644. The van der Waals surface area contributed by atoms with E-state index in [1.807, 2.05) is 86.6 Å². The summed E-state index contributed by atoms with van der Waals surface area (Å²) in [4.78, 5) is 13.2. The van der Waals surface area contributed by atoms with E-state index in [1.165, 1.54) is 0 Å². The van der Waals surface area contributed by atoms with Crippen LogP contribution in [0.1, 0.15) is 34.7 Å². The number of hydrogen-bond acceptors (Lipinski definition) is 4. The van der Waals surface area contributed by atoms with Gasteiger partial charge in [0.2, 0.25) is 0 Å². The van der Waals surface area contributed by atoms with E-state index >= 15 is 0 Å². The molecular weight excluding hydrogens is 388 g/mol. The topological polar surface area (TPSA) is 51.1 Å². The molecular formula is C26H26N2O3. The molecule has 1 atom stereocenters. The monoisotopic (exact) mass is 414 g/mol. The molecule has 3 aromatic rings. The average molecular weight is 415 g/mol. The van der Waals surface area contributed by atoms with Gasteiger partial charge in [-0.15, -0.1) is 0 Å². The van der Waals surface area contributed by atoms with E-state index < -0.39 is 0 Å². The number of hydrazone groups is 1. The quantitative estimate of drug-likeness (QED) is 0.566. The van der Waals surface area contributed by atoms with E-state index in [9.17, 15) is 4.79 Å². The number of hydrogen-bond donors (Lipinski definition) is 0. The van der Waals surface area contributed by atoms with Crippen LogP contribution < -0.4 is 9.47 Å². The Balaban J connectivity index is 1.58. The molecule has 0 aromatic heterocycles. The van der Waals surface area contributed by atoms with Gasteiger partial charge in [-0.2, -0.15) is 5.10 Å². The summed E-state index contributed by atoms with van der Waals surface area (Å²) in [7, 11) is 1.64. The van der Waals surface area contributed by atoms with E-state index in [4.69, 9.17) is 14.6 Å². The molecule has 0 saturated carbocycles. The van der Waals surface area contributed by atoms with Crippen LogP contribution >= 0.6 is 0 Å². The Kier molecular flexibility index (Phi) is 6.03. The fraction of sp³-hybridized carbons (Fsp3) is 0.231. The highest BCUT2D eigenvalue weighted by Crippen LogP contribution is 2.33. The molecule has 3 aromatic carbocycles. The highest BCUT2D eigenvalue weighted by atomic mass is 16.5. The molecule has 5 nitrogen and oxygen atoms in total. The van der Waals surface area contributed by atoms with Crippen molar-refractivity contribution in [1.29, 1.82) is 0 Å². The van der Waals surface area contributed by atoms with Gasteiger partial charge in [0.25, 0.3) is 5.91 Å². The van der Waals surface area contributed by atoms with Gasteiger partial charge in [-0.1, -0.05) is 54.6 Å². The molecule has 4 rings (SSSR count). The smallest absolute Gasteiger partial charge is 0.281 e. The zero-order chi connectivity index (χ0) is 21.8. The zero-order valence-electron chi connectivity index (χ0n) is 18.0. The standard InChI is InChI=1S/C26H26N2O3/c1-18-9-10-19(2)25(15-18)31-17-26(29)28-24(21-11-13-22(30-3)14-12-21)16-23(27-28)20-7-5-4-6-8-20/h4-15,24H,16-17H2,1-3H3. The molecule has 0 saturated heterocycles. The Morgan fingerprint density at radius 1 is 1.03 bits per heavy atom. The van der Waals surface area contributed by atoms with Crippen molar-refractivity contribution in [2.45, 2.75) is 26.3 Å². The molecule has 31 heavy (non-hydrogen) atoms. The number of carbonyl (C=O) groups is 1. The lowest BCUT2D eigenvalue weighted by Gasteiger charge is -2.22. The van der Waals surface area contributed by atoms with Crippen LogP contribution in [0.2, 0.25) is 0 Å². The Bertz CT molecular complexity index is 1090. The van der Waals surface area contributed by atoms with Crippen molar-refractivity contribution in [3.63, 3.8) is 0 Å². The van der Waals surface area contributed by atoms with Gasteiger partial charge in [-0.25, -0.2) is 5.01 Å². The van der Waals surface area contributed by atoms with Gasteiger partial charge in [0.15, 0.2) is 6.61 Å². The molecule has 0 bridgehead atoms. The molecule has 1 aliphatic rings. The number of carbonyl (C=O) groups excluding carboxylic acids is 1.